The number of carbonyl (C=O) groups is 1. The number of aromatic nitrogens is 2. The van der Waals surface area contributed by atoms with Crippen molar-refractivity contribution in [1.29, 1.82) is 0 Å². The summed E-state index contributed by atoms with van der Waals surface area (Å²) in [5, 5.41) is 11.4. The number of carbonyl (C=O) groups excluding carboxylic acids is 1. The molecule has 1 unspecified atom stereocenters. The third kappa shape index (κ3) is 4.43. The quantitative estimate of drug-likeness (QED) is 0.602. The highest BCUT2D eigenvalue weighted by molar-refractivity contribution is 5.92. The van der Waals surface area contributed by atoms with E-state index in [4.69, 9.17) is 14.7 Å². The predicted octanol–water partition coefficient (Wildman–Crippen LogP) is 3.43. The van der Waals surface area contributed by atoms with Gasteiger partial charge in [0.2, 0.25) is 0 Å². The lowest BCUT2D eigenvalue weighted by atomic mass is 9.91. The molecule has 1 atom stereocenters. The van der Waals surface area contributed by atoms with Crippen molar-refractivity contribution >= 4 is 23.0 Å². The number of aldehydes is 1. The molecule has 3 aromatic rings. The summed E-state index contributed by atoms with van der Waals surface area (Å²) < 4.78 is 5.49. The number of hydrogen-bond acceptors (Lipinski definition) is 7. The van der Waals surface area contributed by atoms with E-state index in [2.05, 4.69) is 34.9 Å². The molecule has 0 radical (unpaired) electrons. The minimum atomic E-state index is -0.0438. The highest BCUT2D eigenvalue weighted by Gasteiger charge is 2.31. The Labute approximate surface area is 194 Å². The topological polar surface area (TPSA) is 78.8 Å². The number of phenolic OH excluding ortho intramolecular Hbond substituents is 1. The minimum absolute atomic E-state index is 0.0438. The molecule has 0 saturated carbocycles. The average Bonchev–Trinajstić information content (AvgIpc) is 2.85. The first-order chi connectivity index (χ1) is 16.1. The van der Waals surface area contributed by atoms with Crippen molar-refractivity contribution in [2.24, 2.45) is 5.92 Å². The number of para-hydroxylation sites is 1. The van der Waals surface area contributed by atoms with Gasteiger partial charge in [0.15, 0.2) is 5.82 Å². The average molecular weight is 447 g/mol. The molecule has 2 aliphatic heterocycles. The highest BCUT2D eigenvalue weighted by Crippen LogP contribution is 2.33. The summed E-state index contributed by atoms with van der Waals surface area (Å²) in [5.41, 5.74) is 2.63. The van der Waals surface area contributed by atoms with Gasteiger partial charge in [-0.2, -0.15) is 0 Å². The maximum absolute atomic E-state index is 12.0. The molecule has 0 amide bonds. The number of aromatic hydroxyl groups is 1. The van der Waals surface area contributed by atoms with Gasteiger partial charge in [0.1, 0.15) is 17.9 Å². The number of fused-ring (bicyclic) bond motifs is 1. The van der Waals surface area contributed by atoms with Crippen molar-refractivity contribution in [3.05, 3.63) is 48.0 Å². The molecule has 2 saturated heterocycles. The number of rotatable bonds is 5. The van der Waals surface area contributed by atoms with E-state index in [0.717, 1.165) is 80.8 Å². The van der Waals surface area contributed by atoms with Crippen molar-refractivity contribution in [3.8, 4) is 17.1 Å². The summed E-state index contributed by atoms with van der Waals surface area (Å²) in [6.45, 7) is 6.73. The lowest BCUT2D eigenvalue weighted by Crippen LogP contribution is -2.53. The normalized spacial score (nSPS) is 19.0. The van der Waals surface area contributed by atoms with Crippen LogP contribution in [0.4, 0.5) is 5.82 Å². The Kier molecular flexibility index (Phi) is 6.24. The largest absolute Gasteiger partial charge is 0.507 e. The van der Waals surface area contributed by atoms with E-state index >= 15 is 0 Å². The number of ether oxygens (including phenoxy) is 1. The first kappa shape index (κ1) is 21.8. The standard InChI is InChI=1S/C26H30N4O3/c1-18-6-7-20-22(16-18)27-25(21-4-2-3-5-24(21)32)28-26(20)30-12-10-29(11-13-30)23(17-31)19-8-14-33-15-9-19/h2-7,16-17,19,23,32H,8-15H2,1H3. The van der Waals surface area contributed by atoms with Crippen LogP contribution in [0.3, 0.4) is 0 Å². The molecule has 2 fully saturated rings. The van der Waals surface area contributed by atoms with Gasteiger partial charge in [0, 0.05) is 44.8 Å². The molecule has 0 bridgehead atoms. The van der Waals surface area contributed by atoms with Crippen LogP contribution in [0.25, 0.3) is 22.3 Å². The Morgan fingerprint density at radius 1 is 1.06 bits per heavy atom. The Hall–Kier alpha value is -3.03. The van der Waals surface area contributed by atoms with E-state index < -0.39 is 0 Å². The first-order valence-corrected chi connectivity index (χ1v) is 11.7. The van der Waals surface area contributed by atoms with Crippen molar-refractivity contribution in [2.45, 2.75) is 25.8 Å². The van der Waals surface area contributed by atoms with Gasteiger partial charge in [-0.3, -0.25) is 4.90 Å². The van der Waals surface area contributed by atoms with Crippen LogP contribution in [-0.4, -0.2) is 71.7 Å². The number of hydrogen-bond donors (Lipinski definition) is 1. The Morgan fingerprint density at radius 2 is 1.82 bits per heavy atom. The fourth-order valence-electron chi connectivity index (χ4n) is 5.03. The van der Waals surface area contributed by atoms with Gasteiger partial charge in [-0.15, -0.1) is 0 Å². The van der Waals surface area contributed by atoms with Crippen LogP contribution < -0.4 is 4.90 Å². The molecular weight excluding hydrogens is 416 g/mol. The molecule has 2 aliphatic rings. The highest BCUT2D eigenvalue weighted by atomic mass is 16.5. The Morgan fingerprint density at radius 3 is 2.55 bits per heavy atom. The first-order valence-electron chi connectivity index (χ1n) is 11.7. The van der Waals surface area contributed by atoms with E-state index in [1.165, 1.54) is 0 Å². The summed E-state index contributed by atoms with van der Waals surface area (Å²) >= 11 is 0. The van der Waals surface area contributed by atoms with E-state index in [-0.39, 0.29) is 11.8 Å². The van der Waals surface area contributed by atoms with Crippen molar-refractivity contribution in [2.75, 3.05) is 44.3 Å². The van der Waals surface area contributed by atoms with Crippen LogP contribution in [-0.2, 0) is 9.53 Å². The summed E-state index contributed by atoms with van der Waals surface area (Å²) in [4.78, 5) is 26.2. The summed E-state index contributed by atoms with van der Waals surface area (Å²) in [7, 11) is 0. The molecule has 2 aromatic carbocycles. The van der Waals surface area contributed by atoms with Crippen LogP contribution >= 0.6 is 0 Å². The van der Waals surface area contributed by atoms with Crippen LogP contribution in [0.1, 0.15) is 18.4 Å². The van der Waals surface area contributed by atoms with Crippen molar-refractivity contribution < 1.29 is 14.6 Å². The second-order valence-corrected chi connectivity index (χ2v) is 9.01. The molecule has 0 aliphatic carbocycles. The maximum atomic E-state index is 12.0. The van der Waals surface area contributed by atoms with Gasteiger partial charge in [0.05, 0.1) is 17.1 Å². The molecule has 7 nitrogen and oxygen atoms in total. The van der Waals surface area contributed by atoms with E-state index in [1.807, 2.05) is 12.1 Å². The number of aryl methyl sites for hydroxylation is 1. The smallest absolute Gasteiger partial charge is 0.165 e. The molecule has 172 valence electrons. The molecule has 0 spiro atoms. The number of anilines is 1. The summed E-state index contributed by atoms with van der Waals surface area (Å²) in [6, 6.07) is 13.4. The zero-order valence-corrected chi connectivity index (χ0v) is 19.0. The minimum Gasteiger partial charge on any atom is -0.507 e. The van der Waals surface area contributed by atoms with Crippen molar-refractivity contribution in [3.63, 3.8) is 0 Å². The van der Waals surface area contributed by atoms with Gasteiger partial charge in [-0.05, 0) is 55.5 Å². The van der Waals surface area contributed by atoms with E-state index in [9.17, 15) is 9.90 Å². The number of phenols is 1. The fraction of sp³-hybridized carbons (Fsp3) is 0.423. The van der Waals surface area contributed by atoms with Gasteiger partial charge in [-0.25, -0.2) is 9.97 Å². The van der Waals surface area contributed by atoms with Crippen LogP contribution in [0, 0.1) is 12.8 Å². The van der Waals surface area contributed by atoms with Gasteiger partial charge < -0.3 is 19.5 Å². The second-order valence-electron chi connectivity index (χ2n) is 9.01. The van der Waals surface area contributed by atoms with Crippen molar-refractivity contribution in [1.82, 2.24) is 14.9 Å². The third-order valence-electron chi connectivity index (χ3n) is 6.90. The number of nitrogens with zero attached hydrogens (tertiary/aromatic N) is 4. The maximum Gasteiger partial charge on any atom is 0.165 e. The third-order valence-corrected chi connectivity index (χ3v) is 6.90. The zero-order valence-electron chi connectivity index (χ0n) is 19.0. The number of benzene rings is 2. The lowest BCUT2D eigenvalue weighted by molar-refractivity contribution is -0.115. The van der Waals surface area contributed by atoms with E-state index in [1.54, 1.807) is 12.1 Å². The lowest BCUT2D eigenvalue weighted by Gasteiger charge is -2.41. The summed E-state index contributed by atoms with van der Waals surface area (Å²) in [6.07, 6.45) is 3.03. The molecule has 1 N–H and O–H groups in total. The zero-order chi connectivity index (χ0) is 22.8. The summed E-state index contributed by atoms with van der Waals surface area (Å²) in [5.74, 6) is 1.95. The van der Waals surface area contributed by atoms with Crippen LogP contribution in [0.5, 0.6) is 5.75 Å². The van der Waals surface area contributed by atoms with Crippen LogP contribution in [0.2, 0.25) is 0 Å². The predicted molar refractivity (Wildman–Crippen MR) is 129 cm³/mol. The molecule has 3 heterocycles. The molecule has 5 rings (SSSR count). The SMILES string of the molecule is Cc1ccc2c(N3CCN(C(C=O)C4CCOCC4)CC3)nc(-c3ccccc3O)nc2c1. The van der Waals surface area contributed by atoms with Gasteiger partial charge in [0.25, 0.3) is 0 Å². The van der Waals surface area contributed by atoms with E-state index in [0.29, 0.717) is 17.3 Å². The van der Waals surface area contributed by atoms with Crippen LogP contribution in [0.15, 0.2) is 42.5 Å². The number of piperazine rings is 1. The van der Waals surface area contributed by atoms with Gasteiger partial charge >= 0.3 is 0 Å². The fourth-order valence-corrected chi connectivity index (χ4v) is 5.03. The monoisotopic (exact) mass is 446 g/mol. The molecule has 33 heavy (non-hydrogen) atoms. The molecule has 1 aromatic heterocycles. The van der Waals surface area contributed by atoms with Gasteiger partial charge in [-0.1, -0.05) is 18.2 Å². The molecular formula is C26H30N4O3. The Balaban J connectivity index is 1.44. The molecule has 7 heteroatoms. The second kappa shape index (κ2) is 9.45. The Bertz CT molecular complexity index is 1140.